The maximum Gasteiger partial charge on any atom is 0.224 e. The maximum absolute atomic E-state index is 10.7. The van der Waals surface area contributed by atoms with Gasteiger partial charge in [-0.05, 0) is 11.1 Å². The molecule has 3 heterocycles. The van der Waals surface area contributed by atoms with Crippen molar-refractivity contribution in [2.24, 2.45) is 0 Å². The van der Waals surface area contributed by atoms with Gasteiger partial charge in [-0.3, -0.25) is 4.57 Å². The van der Waals surface area contributed by atoms with E-state index in [4.69, 9.17) is 20.9 Å². The molecule has 4 aromatic rings. The summed E-state index contributed by atoms with van der Waals surface area (Å²) < 4.78 is 13.5. The fourth-order valence-corrected chi connectivity index (χ4v) is 4.30. The first-order chi connectivity index (χ1) is 16.5. The number of aliphatic hydroxyl groups is 2. The summed E-state index contributed by atoms with van der Waals surface area (Å²) >= 11 is 0. The van der Waals surface area contributed by atoms with Crippen LogP contribution >= 0.6 is 0 Å². The molecule has 1 fully saturated rings. The first-order valence-electron chi connectivity index (χ1n) is 11.0. The van der Waals surface area contributed by atoms with E-state index in [1.807, 2.05) is 36.4 Å². The molecule has 34 heavy (non-hydrogen) atoms. The second-order valence-electron chi connectivity index (χ2n) is 8.25. The van der Waals surface area contributed by atoms with Crippen LogP contribution in [0.25, 0.3) is 11.2 Å². The van der Waals surface area contributed by atoms with Crippen LogP contribution in [0.4, 0.5) is 11.8 Å². The zero-order valence-corrected chi connectivity index (χ0v) is 18.3. The third-order valence-corrected chi connectivity index (χ3v) is 6.05. The third kappa shape index (κ3) is 4.19. The van der Waals surface area contributed by atoms with Crippen molar-refractivity contribution in [1.82, 2.24) is 19.5 Å². The summed E-state index contributed by atoms with van der Waals surface area (Å²) in [5.41, 5.74) is 14.5. The quantitative estimate of drug-likeness (QED) is 0.319. The van der Waals surface area contributed by atoms with Crippen LogP contribution in [-0.2, 0) is 9.47 Å². The van der Waals surface area contributed by atoms with Crippen molar-refractivity contribution in [1.29, 1.82) is 0 Å². The summed E-state index contributed by atoms with van der Waals surface area (Å²) in [5.74, 6) is 0.122. The van der Waals surface area contributed by atoms with Gasteiger partial charge in [0.1, 0.15) is 23.8 Å². The molecule has 0 spiro atoms. The predicted octanol–water partition coefficient (Wildman–Crippen LogP) is 1.46. The number of aromatic nitrogens is 4. The van der Waals surface area contributed by atoms with Crippen LogP contribution in [0.5, 0.6) is 0 Å². The van der Waals surface area contributed by atoms with Crippen molar-refractivity contribution in [3.8, 4) is 0 Å². The second-order valence-corrected chi connectivity index (χ2v) is 8.25. The summed E-state index contributed by atoms with van der Waals surface area (Å²) in [6.45, 7) is 0.479. The molecular formula is C24H26N6O4. The molecule has 2 aromatic heterocycles. The highest BCUT2D eigenvalue weighted by atomic mass is 16.6. The minimum Gasteiger partial charge on any atom is -0.387 e. The number of benzene rings is 2. The van der Waals surface area contributed by atoms with Gasteiger partial charge in [-0.15, -0.1) is 0 Å². The lowest BCUT2D eigenvalue weighted by molar-refractivity contribution is -0.0661. The zero-order valence-electron chi connectivity index (χ0n) is 18.3. The summed E-state index contributed by atoms with van der Waals surface area (Å²) in [6, 6.07) is 20.2. The molecule has 4 atom stereocenters. The molecule has 10 nitrogen and oxygen atoms in total. The molecule has 2 aromatic carbocycles. The third-order valence-electron chi connectivity index (χ3n) is 6.05. The molecule has 10 heteroatoms. The lowest BCUT2D eigenvalue weighted by Gasteiger charge is -2.20. The van der Waals surface area contributed by atoms with Gasteiger partial charge < -0.3 is 31.2 Å². The largest absolute Gasteiger partial charge is 0.387 e. The number of aliphatic hydroxyl groups excluding tert-OH is 2. The summed E-state index contributed by atoms with van der Waals surface area (Å²) in [6.07, 6.45) is -2.63. The number of nitrogens with two attached hydrogens (primary N) is 2. The van der Waals surface area contributed by atoms with Gasteiger partial charge in [0.05, 0.1) is 19.5 Å². The molecule has 176 valence electrons. The zero-order chi connectivity index (χ0) is 23.7. The number of nitrogen functional groups attached to an aromatic ring is 2. The molecule has 6 N–H and O–H groups in total. The van der Waals surface area contributed by atoms with Gasteiger partial charge in [0.15, 0.2) is 17.7 Å². The topological polar surface area (TPSA) is 155 Å². The standard InChI is InChI=1S/C24H26N6O4/c25-21-18-22(29-24(26)28-21)30(13-27-18)23-20(32)19(31)17(34-23)12-33-11-16(14-7-3-1-4-8-14)15-9-5-2-6-10-15/h1-10,13,16-17,19-20,23,31-32H,11-12H2,(H4,25,26,28,29)/t17-,19-,20-,23-/m1/s1. The van der Waals surface area contributed by atoms with Crippen molar-refractivity contribution in [3.05, 3.63) is 78.1 Å². The number of rotatable bonds is 7. The van der Waals surface area contributed by atoms with Crippen LogP contribution < -0.4 is 11.5 Å². The number of hydrogen-bond acceptors (Lipinski definition) is 9. The lowest BCUT2D eigenvalue weighted by atomic mass is 9.92. The number of ether oxygens (including phenoxy) is 2. The Kier molecular flexibility index (Phi) is 6.12. The Labute approximate surface area is 195 Å². The fourth-order valence-electron chi connectivity index (χ4n) is 4.30. The Hall–Kier alpha value is -3.57. The SMILES string of the molecule is Nc1nc(N)c2ncn([C@@H]3O[C@H](COCC(c4ccccc4)c4ccccc4)[C@@H](O)[C@H]3O)c2n1. The Morgan fingerprint density at radius 2 is 1.59 bits per heavy atom. The van der Waals surface area contributed by atoms with Crippen LogP contribution in [0.2, 0.25) is 0 Å². The number of anilines is 2. The molecule has 1 aliphatic heterocycles. The van der Waals surface area contributed by atoms with E-state index in [1.165, 1.54) is 10.9 Å². The normalized spacial score (nSPS) is 22.6. The summed E-state index contributed by atoms with van der Waals surface area (Å²) in [5, 5.41) is 21.3. The Morgan fingerprint density at radius 1 is 0.941 bits per heavy atom. The van der Waals surface area contributed by atoms with Crippen LogP contribution in [0.1, 0.15) is 23.3 Å². The van der Waals surface area contributed by atoms with Crippen LogP contribution in [0.3, 0.4) is 0 Å². The number of imidazole rings is 1. The Bertz CT molecular complexity index is 1210. The van der Waals surface area contributed by atoms with Gasteiger partial charge in [0.25, 0.3) is 0 Å². The molecule has 5 rings (SSSR count). The van der Waals surface area contributed by atoms with E-state index in [0.29, 0.717) is 17.8 Å². The number of hydrogen-bond donors (Lipinski definition) is 4. The average Bonchev–Trinajstić information content (AvgIpc) is 3.39. The molecule has 0 saturated carbocycles. The molecule has 0 aliphatic carbocycles. The van der Waals surface area contributed by atoms with E-state index in [-0.39, 0.29) is 24.3 Å². The average molecular weight is 463 g/mol. The van der Waals surface area contributed by atoms with E-state index in [9.17, 15) is 10.2 Å². The highest BCUT2D eigenvalue weighted by Crippen LogP contribution is 2.33. The first kappa shape index (κ1) is 22.2. The van der Waals surface area contributed by atoms with Gasteiger partial charge in [-0.25, -0.2) is 4.98 Å². The number of fused-ring (bicyclic) bond motifs is 1. The summed E-state index contributed by atoms with van der Waals surface area (Å²) in [7, 11) is 0. The number of nitrogens with zero attached hydrogens (tertiary/aromatic N) is 4. The van der Waals surface area contributed by atoms with E-state index in [1.54, 1.807) is 0 Å². The van der Waals surface area contributed by atoms with E-state index in [2.05, 4.69) is 39.2 Å². The molecule has 0 bridgehead atoms. The first-order valence-corrected chi connectivity index (χ1v) is 11.0. The molecular weight excluding hydrogens is 436 g/mol. The van der Waals surface area contributed by atoms with Crippen molar-refractivity contribution in [2.45, 2.75) is 30.5 Å². The monoisotopic (exact) mass is 462 g/mol. The lowest BCUT2D eigenvalue weighted by Crippen LogP contribution is -2.34. The molecule has 0 unspecified atom stereocenters. The minimum absolute atomic E-state index is 0.0157. The van der Waals surface area contributed by atoms with E-state index >= 15 is 0 Å². The van der Waals surface area contributed by atoms with Gasteiger partial charge in [0.2, 0.25) is 5.95 Å². The van der Waals surface area contributed by atoms with Gasteiger partial charge in [-0.2, -0.15) is 9.97 Å². The minimum atomic E-state index is -1.22. The van der Waals surface area contributed by atoms with Crippen LogP contribution in [-0.4, -0.2) is 61.3 Å². The highest BCUT2D eigenvalue weighted by molar-refractivity contribution is 5.82. The Morgan fingerprint density at radius 3 is 2.24 bits per heavy atom. The molecule has 0 amide bonds. The molecule has 1 saturated heterocycles. The van der Waals surface area contributed by atoms with Crippen LogP contribution in [0, 0.1) is 0 Å². The van der Waals surface area contributed by atoms with Crippen LogP contribution in [0.15, 0.2) is 67.0 Å². The maximum atomic E-state index is 10.7. The summed E-state index contributed by atoms with van der Waals surface area (Å²) in [4.78, 5) is 12.2. The van der Waals surface area contributed by atoms with Crippen molar-refractivity contribution in [2.75, 3.05) is 24.7 Å². The smallest absolute Gasteiger partial charge is 0.224 e. The highest BCUT2D eigenvalue weighted by Gasteiger charge is 2.44. The van der Waals surface area contributed by atoms with E-state index < -0.39 is 24.5 Å². The second kappa shape index (κ2) is 9.35. The predicted molar refractivity (Wildman–Crippen MR) is 126 cm³/mol. The van der Waals surface area contributed by atoms with E-state index in [0.717, 1.165) is 11.1 Å². The molecule has 0 radical (unpaired) electrons. The fraction of sp³-hybridized carbons (Fsp3) is 0.292. The van der Waals surface area contributed by atoms with Gasteiger partial charge in [0, 0.05) is 5.92 Å². The van der Waals surface area contributed by atoms with Crippen molar-refractivity contribution < 1.29 is 19.7 Å². The molecule has 1 aliphatic rings. The van der Waals surface area contributed by atoms with Gasteiger partial charge >= 0.3 is 0 Å². The Balaban J connectivity index is 1.30. The van der Waals surface area contributed by atoms with Crippen molar-refractivity contribution >= 4 is 22.9 Å². The van der Waals surface area contributed by atoms with Gasteiger partial charge in [-0.1, -0.05) is 60.7 Å². The van der Waals surface area contributed by atoms with Crippen molar-refractivity contribution in [3.63, 3.8) is 0 Å².